The molecule has 4 aliphatic carbocycles. The molecule has 3 saturated carbocycles. The van der Waals surface area contributed by atoms with Crippen LogP contribution in [0.4, 0.5) is 0 Å². The van der Waals surface area contributed by atoms with E-state index < -0.39 is 0 Å². The van der Waals surface area contributed by atoms with Gasteiger partial charge in [-0.3, -0.25) is 4.98 Å². The molecule has 1 nitrogen and oxygen atoms in total. The minimum atomic E-state index is 0.506. The largest absolute Gasteiger partial charge is 0.265 e. The number of rotatable bonds is 1. The maximum atomic E-state index is 4.26. The van der Waals surface area contributed by atoms with Crippen LogP contribution in [0.2, 0.25) is 0 Å². The van der Waals surface area contributed by atoms with Crippen molar-refractivity contribution in [3.8, 4) is 0 Å². The van der Waals surface area contributed by atoms with E-state index in [9.17, 15) is 0 Å². The van der Waals surface area contributed by atoms with Crippen LogP contribution in [0.25, 0.3) is 0 Å². The van der Waals surface area contributed by atoms with Crippen LogP contribution in [0.5, 0.6) is 0 Å². The Balaban J connectivity index is 1.47. The third kappa shape index (κ3) is 2.31. The van der Waals surface area contributed by atoms with Gasteiger partial charge in [-0.05, 0) is 109 Å². The summed E-state index contributed by atoms with van der Waals surface area (Å²) < 4.78 is 0. The summed E-state index contributed by atoms with van der Waals surface area (Å²) in [5.74, 6) is 4.46. The topological polar surface area (TPSA) is 12.9 Å². The van der Waals surface area contributed by atoms with Crippen molar-refractivity contribution in [1.82, 2.24) is 4.98 Å². The predicted octanol–water partition coefficient (Wildman–Crippen LogP) is 6.76. The quantitative estimate of drug-likeness (QED) is 0.510. The third-order valence-corrected chi connectivity index (χ3v) is 9.46. The van der Waals surface area contributed by atoms with Crippen LogP contribution in [0.1, 0.15) is 83.6 Å². The van der Waals surface area contributed by atoms with Gasteiger partial charge >= 0.3 is 0 Å². The van der Waals surface area contributed by atoms with Gasteiger partial charge in [-0.2, -0.15) is 0 Å². The smallest absolute Gasteiger partial charge is 0.0270 e. The maximum Gasteiger partial charge on any atom is 0.0270 e. The molecule has 3 unspecified atom stereocenters. The fraction of sp³-hybridized carbons (Fsp3) is 0.720. The first-order chi connectivity index (χ1) is 12.5. The van der Waals surface area contributed by atoms with E-state index in [1.165, 1.54) is 51.4 Å². The highest BCUT2D eigenvalue weighted by atomic mass is 14.6. The van der Waals surface area contributed by atoms with Gasteiger partial charge in [0, 0.05) is 12.4 Å². The number of nitrogens with zero attached hydrogens (tertiary/aromatic N) is 1. The van der Waals surface area contributed by atoms with E-state index in [-0.39, 0.29) is 0 Å². The number of hydrogen-bond acceptors (Lipinski definition) is 1. The normalized spacial score (nSPS) is 47.5. The minimum Gasteiger partial charge on any atom is -0.265 e. The Morgan fingerprint density at radius 3 is 2.58 bits per heavy atom. The molecule has 4 aliphatic rings. The molecular weight excluding hydrogens is 314 g/mol. The van der Waals surface area contributed by atoms with Crippen LogP contribution in [-0.4, -0.2) is 4.98 Å². The highest BCUT2D eigenvalue weighted by molar-refractivity contribution is 5.28. The van der Waals surface area contributed by atoms with E-state index in [1.54, 1.807) is 5.56 Å². The summed E-state index contributed by atoms with van der Waals surface area (Å²) in [6.45, 7) is 7.73. The molecule has 0 spiro atoms. The summed E-state index contributed by atoms with van der Waals surface area (Å²) in [5.41, 5.74) is 4.41. The lowest BCUT2D eigenvalue weighted by Gasteiger charge is -2.58. The molecule has 0 N–H and O–H groups in total. The molecule has 1 heteroatoms. The molecule has 0 saturated heterocycles. The van der Waals surface area contributed by atoms with Gasteiger partial charge in [0.25, 0.3) is 0 Å². The van der Waals surface area contributed by atoms with E-state index in [2.05, 4.69) is 44.0 Å². The molecule has 0 bridgehead atoms. The third-order valence-electron chi connectivity index (χ3n) is 9.46. The average Bonchev–Trinajstić information content (AvgIpc) is 3.00. The van der Waals surface area contributed by atoms with Crippen molar-refractivity contribution >= 4 is 0 Å². The summed E-state index contributed by atoms with van der Waals surface area (Å²) >= 11 is 0. The van der Waals surface area contributed by atoms with Crippen LogP contribution in [0.3, 0.4) is 0 Å². The van der Waals surface area contributed by atoms with Crippen molar-refractivity contribution in [1.29, 1.82) is 0 Å². The first-order valence-corrected chi connectivity index (χ1v) is 11.1. The molecule has 0 amide bonds. The second-order valence-corrected chi connectivity index (χ2v) is 10.6. The van der Waals surface area contributed by atoms with Gasteiger partial charge in [0.15, 0.2) is 0 Å². The van der Waals surface area contributed by atoms with E-state index in [0.29, 0.717) is 10.8 Å². The summed E-state index contributed by atoms with van der Waals surface area (Å²) in [6, 6.07) is 4.57. The molecule has 1 aromatic heterocycles. The Hall–Kier alpha value is -1.11. The number of allylic oxidation sites excluding steroid dienone is 2. The van der Waals surface area contributed by atoms with Gasteiger partial charge in [0.05, 0.1) is 0 Å². The van der Waals surface area contributed by atoms with Crippen LogP contribution in [0.15, 0.2) is 36.2 Å². The molecular formula is C25H35N. The Kier molecular flexibility index (Phi) is 3.89. The van der Waals surface area contributed by atoms with E-state index in [0.717, 1.165) is 29.6 Å². The first kappa shape index (κ1) is 17.0. The Labute approximate surface area is 159 Å². The van der Waals surface area contributed by atoms with Crippen molar-refractivity contribution in [3.05, 3.63) is 41.7 Å². The Bertz CT molecular complexity index is 706. The van der Waals surface area contributed by atoms with Crippen LogP contribution in [-0.2, 0) is 0 Å². The second kappa shape index (κ2) is 5.94. The van der Waals surface area contributed by atoms with Crippen molar-refractivity contribution in [2.75, 3.05) is 0 Å². The highest BCUT2D eigenvalue weighted by Gasteiger charge is 2.58. The molecule has 26 heavy (non-hydrogen) atoms. The zero-order valence-corrected chi connectivity index (χ0v) is 16.9. The van der Waals surface area contributed by atoms with Crippen LogP contribution < -0.4 is 0 Å². The molecule has 0 radical (unpaired) electrons. The molecule has 140 valence electrons. The van der Waals surface area contributed by atoms with Gasteiger partial charge in [-0.15, -0.1) is 0 Å². The fourth-order valence-corrected chi connectivity index (χ4v) is 7.99. The lowest BCUT2D eigenvalue weighted by atomic mass is 9.47. The lowest BCUT2D eigenvalue weighted by Crippen LogP contribution is -2.49. The molecule has 1 heterocycles. The van der Waals surface area contributed by atoms with Crippen LogP contribution in [0, 0.1) is 34.5 Å². The van der Waals surface area contributed by atoms with Gasteiger partial charge in [0.1, 0.15) is 0 Å². The van der Waals surface area contributed by atoms with Crippen molar-refractivity contribution in [3.63, 3.8) is 0 Å². The summed E-state index contributed by atoms with van der Waals surface area (Å²) in [7, 11) is 0. The highest BCUT2D eigenvalue weighted by Crippen LogP contribution is 2.68. The second-order valence-electron chi connectivity index (χ2n) is 10.6. The minimum absolute atomic E-state index is 0.506. The van der Waals surface area contributed by atoms with Gasteiger partial charge < -0.3 is 0 Å². The number of hydrogen-bond donors (Lipinski definition) is 0. The Morgan fingerprint density at radius 2 is 1.77 bits per heavy atom. The molecule has 0 aromatic carbocycles. The number of pyridine rings is 1. The van der Waals surface area contributed by atoms with Crippen molar-refractivity contribution in [2.45, 2.75) is 78.1 Å². The van der Waals surface area contributed by atoms with E-state index in [4.69, 9.17) is 0 Å². The van der Waals surface area contributed by atoms with Gasteiger partial charge in [-0.25, -0.2) is 0 Å². The summed E-state index contributed by atoms with van der Waals surface area (Å²) in [5, 5.41) is 0. The molecule has 5 rings (SSSR count). The summed E-state index contributed by atoms with van der Waals surface area (Å²) in [4.78, 5) is 4.26. The zero-order valence-electron chi connectivity index (χ0n) is 16.9. The Morgan fingerprint density at radius 1 is 0.962 bits per heavy atom. The first-order valence-electron chi connectivity index (χ1n) is 11.1. The fourth-order valence-electron chi connectivity index (χ4n) is 7.99. The van der Waals surface area contributed by atoms with Crippen molar-refractivity contribution < 1.29 is 0 Å². The molecule has 3 fully saturated rings. The van der Waals surface area contributed by atoms with Gasteiger partial charge in [-0.1, -0.05) is 32.4 Å². The zero-order chi connectivity index (χ0) is 17.9. The predicted molar refractivity (Wildman–Crippen MR) is 108 cm³/mol. The molecule has 0 aliphatic heterocycles. The van der Waals surface area contributed by atoms with Gasteiger partial charge in [0.2, 0.25) is 0 Å². The van der Waals surface area contributed by atoms with Crippen molar-refractivity contribution in [2.24, 2.45) is 34.5 Å². The van der Waals surface area contributed by atoms with Crippen LogP contribution >= 0.6 is 0 Å². The van der Waals surface area contributed by atoms with E-state index in [1.807, 2.05) is 18.0 Å². The number of aromatic nitrogens is 1. The summed E-state index contributed by atoms with van der Waals surface area (Å²) in [6.07, 6.45) is 18.1. The molecule has 7 atom stereocenters. The lowest BCUT2D eigenvalue weighted by molar-refractivity contribution is -0.0337. The molecule has 1 aromatic rings. The number of fused-ring (bicyclic) bond motifs is 5. The average molecular weight is 350 g/mol. The monoisotopic (exact) mass is 349 g/mol. The van der Waals surface area contributed by atoms with E-state index >= 15 is 0 Å². The standard InChI is InChI=1S/C25H35N/c1-17-8-12-24(2)19(16-17)4-5-20-22-7-6-21(18-10-14-26-15-11-18)25(22,3)13-9-23(20)24/h4,10-11,14-15,17,20-23H,5-9,12-13,16H2,1-3H3/t17-,20?,21+,22?,23?,24-,25+/m0/s1. The SMILES string of the molecule is C[C@H]1CC[C@@]2(C)C(=CCC3C2CC[C@@]2(C)C3CC[C@@H]2c2ccncc2)C1. The maximum absolute atomic E-state index is 4.26.